The zero-order chi connectivity index (χ0) is 23.4. The molecule has 2 unspecified atom stereocenters. The number of pyridine rings is 1. The van der Waals surface area contributed by atoms with Crippen LogP contribution < -0.4 is 4.90 Å². The summed E-state index contributed by atoms with van der Waals surface area (Å²) in [5.41, 5.74) is -2.47. The Morgan fingerprint density at radius 3 is 2.53 bits per heavy atom. The molecule has 3 rings (SSSR count). The second-order valence-corrected chi connectivity index (χ2v) is 7.56. The summed E-state index contributed by atoms with van der Waals surface area (Å²) in [5, 5.41) is 9.83. The number of anilines is 1. The van der Waals surface area contributed by atoms with Crippen LogP contribution in [-0.4, -0.2) is 52.9 Å². The standard InChI is InChI=1S/C23H24F3N3O3/c1-3-7-19-15-28(21(30)32-16-17-8-5-4-6-9-17)12-13-29(19)20-11-10-18(14-27-20)22(2,31)23(24,25)26/h4-6,8-11,14,19,31H,12-13,15-16H2,1-2H3. The average Bonchev–Trinajstić information content (AvgIpc) is 2.78. The van der Waals surface area contributed by atoms with Crippen LogP contribution in [0.1, 0.15) is 25.0 Å². The first-order valence-corrected chi connectivity index (χ1v) is 10.0. The van der Waals surface area contributed by atoms with Gasteiger partial charge in [0.15, 0.2) is 5.60 Å². The van der Waals surface area contributed by atoms with Gasteiger partial charge in [-0.15, -0.1) is 5.92 Å². The van der Waals surface area contributed by atoms with Gasteiger partial charge >= 0.3 is 12.3 Å². The third-order valence-electron chi connectivity index (χ3n) is 5.31. The first-order valence-electron chi connectivity index (χ1n) is 10.0. The molecule has 1 aromatic carbocycles. The monoisotopic (exact) mass is 447 g/mol. The molecule has 0 spiro atoms. The van der Waals surface area contributed by atoms with Crippen LogP contribution in [0.25, 0.3) is 0 Å². The summed E-state index contributed by atoms with van der Waals surface area (Å²) in [6.07, 6.45) is -4.27. The van der Waals surface area contributed by atoms with Gasteiger partial charge in [-0.1, -0.05) is 42.3 Å². The van der Waals surface area contributed by atoms with E-state index in [4.69, 9.17) is 4.74 Å². The Hall–Kier alpha value is -3.25. The summed E-state index contributed by atoms with van der Waals surface area (Å²) in [6, 6.07) is 11.5. The second-order valence-electron chi connectivity index (χ2n) is 7.56. The number of ether oxygens (including phenoxy) is 1. The molecule has 170 valence electrons. The summed E-state index contributed by atoms with van der Waals surface area (Å²) in [7, 11) is 0. The average molecular weight is 447 g/mol. The lowest BCUT2D eigenvalue weighted by molar-refractivity contribution is -0.259. The predicted molar refractivity (Wildman–Crippen MR) is 113 cm³/mol. The molecular formula is C23H24F3N3O3. The van der Waals surface area contributed by atoms with Gasteiger partial charge in [0, 0.05) is 24.8 Å². The van der Waals surface area contributed by atoms with Crippen molar-refractivity contribution < 1.29 is 27.8 Å². The number of aromatic nitrogens is 1. The van der Waals surface area contributed by atoms with Crippen molar-refractivity contribution in [3.05, 3.63) is 59.8 Å². The smallest absolute Gasteiger partial charge is 0.421 e. The molecule has 1 amide bonds. The van der Waals surface area contributed by atoms with Crippen molar-refractivity contribution in [1.29, 1.82) is 0 Å². The third kappa shape index (κ3) is 5.14. The Kier molecular flexibility index (Phi) is 6.94. The lowest BCUT2D eigenvalue weighted by Gasteiger charge is -2.39. The van der Waals surface area contributed by atoms with Gasteiger partial charge in [0.2, 0.25) is 0 Å². The first-order chi connectivity index (χ1) is 15.1. The van der Waals surface area contributed by atoms with Crippen molar-refractivity contribution in [2.75, 3.05) is 24.5 Å². The van der Waals surface area contributed by atoms with Crippen LogP contribution in [0.2, 0.25) is 0 Å². The SMILES string of the molecule is CC#CC1CN(C(=O)OCc2ccccc2)CCN1c1ccc(C(C)(O)C(F)(F)F)cn1. The first kappa shape index (κ1) is 23.4. The lowest BCUT2D eigenvalue weighted by Crippen LogP contribution is -2.54. The fraction of sp³-hybridized carbons (Fsp3) is 0.391. The van der Waals surface area contributed by atoms with E-state index in [1.165, 1.54) is 12.1 Å². The quantitative estimate of drug-likeness (QED) is 0.724. The van der Waals surface area contributed by atoms with Crippen molar-refractivity contribution in [2.45, 2.75) is 38.3 Å². The molecule has 2 atom stereocenters. The molecule has 0 radical (unpaired) electrons. The summed E-state index contributed by atoms with van der Waals surface area (Å²) in [5.74, 6) is 6.25. The van der Waals surface area contributed by atoms with Crippen LogP contribution in [0.4, 0.5) is 23.8 Å². The number of halogens is 3. The van der Waals surface area contributed by atoms with Crippen LogP contribution in [-0.2, 0) is 16.9 Å². The highest BCUT2D eigenvalue weighted by atomic mass is 19.4. The van der Waals surface area contributed by atoms with E-state index in [9.17, 15) is 23.1 Å². The number of hydrogen-bond donors (Lipinski definition) is 1. The number of benzene rings is 1. The van der Waals surface area contributed by atoms with Crippen LogP contribution in [0.5, 0.6) is 0 Å². The Morgan fingerprint density at radius 2 is 1.94 bits per heavy atom. The van der Waals surface area contributed by atoms with Gasteiger partial charge in [-0.05, 0) is 25.5 Å². The van der Waals surface area contributed by atoms with Crippen molar-refractivity contribution in [3.63, 3.8) is 0 Å². The molecule has 0 saturated carbocycles. The maximum atomic E-state index is 13.1. The van der Waals surface area contributed by atoms with E-state index in [-0.39, 0.29) is 18.7 Å². The van der Waals surface area contributed by atoms with Crippen molar-refractivity contribution in [1.82, 2.24) is 9.88 Å². The number of carbonyl (C=O) groups excluding carboxylic acids is 1. The second kappa shape index (κ2) is 9.49. The topological polar surface area (TPSA) is 65.9 Å². The Labute approximate surface area is 184 Å². The molecule has 0 bridgehead atoms. The Balaban J connectivity index is 1.69. The van der Waals surface area contributed by atoms with E-state index in [0.717, 1.165) is 11.8 Å². The largest absolute Gasteiger partial charge is 0.445 e. The van der Waals surface area contributed by atoms with Crippen LogP contribution in [0.15, 0.2) is 48.7 Å². The van der Waals surface area contributed by atoms with Crippen molar-refractivity contribution >= 4 is 11.9 Å². The van der Waals surface area contributed by atoms with Crippen molar-refractivity contribution in [2.24, 2.45) is 0 Å². The number of alkyl halides is 3. The van der Waals surface area contributed by atoms with E-state index in [0.29, 0.717) is 25.8 Å². The number of amides is 1. The van der Waals surface area contributed by atoms with Crippen LogP contribution >= 0.6 is 0 Å². The number of carbonyl (C=O) groups is 1. The fourth-order valence-electron chi connectivity index (χ4n) is 3.33. The van der Waals surface area contributed by atoms with Gasteiger partial charge in [-0.2, -0.15) is 13.2 Å². The van der Waals surface area contributed by atoms with E-state index in [1.54, 1.807) is 11.8 Å². The number of hydrogen-bond acceptors (Lipinski definition) is 5. The minimum absolute atomic E-state index is 0.159. The summed E-state index contributed by atoms with van der Waals surface area (Å²) in [4.78, 5) is 20.0. The fourth-order valence-corrected chi connectivity index (χ4v) is 3.33. The van der Waals surface area contributed by atoms with E-state index in [1.807, 2.05) is 35.2 Å². The molecule has 9 heteroatoms. The van der Waals surface area contributed by atoms with Crippen LogP contribution in [0.3, 0.4) is 0 Å². The van der Waals surface area contributed by atoms with Gasteiger partial charge in [0.1, 0.15) is 18.5 Å². The summed E-state index contributed by atoms with van der Waals surface area (Å²) in [6.45, 7) is 3.50. The number of piperazine rings is 1. The Bertz CT molecular complexity index is 983. The zero-order valence-corrected chi connectivity index (χ0v) is 17.8. The van der Waals surface area contributed by atoms with E-state index in [2.05, 4.69) is 16.8 Å². The molecule has 2 heterocycles. The van der Waals surface area contributed by atoms with Gasteiger partial charge in [0.25, 0.3) is 0 Å². The van der Waals surface area contributed by atoms with Gasteiger partial charge in [0.05, 0.1) is 6.54 Å². The molecular weight excluding hydrogens is 423 g/mol. The van der Waals surface area contributed by atoms with Crippen molar-refractivity contribution in [3.8, 4) is 11.8 Å². The third-order valence-corrected chi connectivity index (χ3v) is 5.31. The lowest BCUT2D eigenvalue weighted by atomic mass is 9.97. The molecule has 1 N–H and O–H groups in total. The molecule has 1 aliphatic rings. The predicted octanol–water partition coefficient (Wildman–Crippen LogP) is 3.70. The number of rotatable bonds is 4. The van der Waals surface area contributed by atoms with E-state index < -0.39 is 23.9 Å². The Morgan fingerprint density at radius 1 is 1.22 bits per heavy atom. The molecule has 6 nitrogen and oxygen atoms in total. The van der Waals surface area contributed by atoms with Crippen LogP contribution in [0, 0.1) is 11.8 Å². The minimum atomic E-state index is -4.82. The highest BCUT2D eigenvalue weighted by molar-refractivity contribution is 5.68. The van der Waals surface area contributed by atoms with Gasteiger partial charge < -0.3 is 19.6 Å². The number of nitrogens with zero attached hydrogens (tertiary/aromatic N) is 3. The van der Waals surface area contributed by atoms with E-state index >= 15 is 0 Å². The normalized spacial score (nSPS) is 18.4. The number of aliphatic hydroxyl groups is 1. The van der Waals surface area contributed by atoms with Gasteiger partial charge in [-0.3, -0.25) is 0 Å². The molecule has 1 saturated heterocycles. The minimum Gasteiger partial charge on any atom is -0.445 e. The molecule has 1 aromatic heterocycles. The highest BCUT2D eigenvalue weighted by Crippen LogP contribution is 2.38. The zero-order valence-electron chi connectivity index (χ0n) is 17.8. The summed E-state index contributed by atoms with van der Waals surface area (Å²) >= 11 is 0. The molecule has 1 fully saturated rings. The highest BCUT2D eigenvalue weighted by Gasteiger charge is 2.51. The molecule has 32 heavy (non-hydrogen) atoms. The maximum absolute atomic E-state index is 13.1. The maximum Gasteiger partial charge on any atom is 0.421 e. The molecule has 0 aliphatic carbocycles. The molecule has 1 aliphatic heterocycles. The molecule has 2 aromatic rings. The van der Waals surface area contributed by atoms with Gasteiger partial charge in [-0.25, -0.2) is 9.78 Å². The summed E-state index contributed by atoms with van der Waals surface area (Å²) < 4.78 is 44.6.